The summed E-state index contributed by atoms with van der Waals surface area (Å²) in [6, 6.07) is 3.59. The summed E-state index contributed by atoms with van der Waals surface area (Å²) in [6.07, 6.45) is 0.633. The number of carbonyl (C=O) groups excluding carboxylic acids is 2. The Balaban J connectivity index is 2.09. The van der Waals surface area contributed by atoms with Crippen molar-refractivity contribution in [3.05, 3.63) is 34.6 Å². The van der Waals surface area contributed by atoms with Crippen molar-refractivity contribution < 1.29 is 14.0 Å². The van der Waals surface area contributed by atoms with Crippen LogP contribution in [0.5, 0.6) is 0 Å². The normalized spacial score (nSPS) is 18.4. The molecule has 0 bridgehead atoms. The lowest BCUT2D eigenvalue weighted by molar-refractivity contribution is -0.126. The number of benzene rings is 1. The minimum absolute atomic E-state index is 0.172. The highest BCUT2D eigenvalue weighted by Crippen LogP contribution is 2.28. The Morgan fingerprint density at radius 3 is 2.68 bits per heavy atom. The molecule has 1 aliphatic heterocycles. The third-order valence-electron chi connectivity index (χ3n) is 4.01. The van der Waals surface area contributed by atoms with E-state index < -0.39 is 17.3 Å². The molecular weight excluding hydrogens is 309 g/mol. The molecule has 3 N–H and O–H groups in total. The number of urea groups is 1. The van der Waals surface area contributed by atoms with E-state index in [1.165, 1.54) is 17.0 Å². The fourth-order valence-corrected chi connectivity index (χ4v) is 2.72. The second-order valence-electron chi connectivity index (χ2n) is 5.99. The Labute approximate surface area is 133 Å². The van der Waals surface area contributed by atoms with E-state index in [0.717, 1.165) is 0 Å². The Bertz CT molecular complexity index is 606. The Kier molecular flexibility index (Phi) is 4.60. The average Bonchev–Trinajstić information content (AvgIpc) is 2.86. The van der Waals surface area contributed by atoms with Crippen LogP contribution in [-0.4, -0.2) is 36.0 Å². The fourth-order valence-electron chi connectivity index (χ4n) is 2.56. The maximum absolute atomic E-state index is 14.1. The van der Waals surface area contributed by atoms with Gasteiger partial charge in [-0.3, -0.25) is 4.79 Å². The van der Waals surface area contributed by atoms with E-state index in [-0.39, 0.29) is 22.5 Å². The highest BCUT2D eigenvalue weighted by atomic mass is 35.5. The summed E-state index contributed by atoms with van der Waals surface area (Å²) in [4.78, 5) is 25.1. The van der Waals surface area contributed by atoms with Crippen molar-refractivity contribution in [3.8, 4) is 0 Å². The molecule has 0 saturated carbocycles. The number of halogens is 2. The predicted octanol–water partition coefficient (Wildman–Crippen LogP) is 2.03. The van der Waals surface area contributed by atoms with Crippen LogP contribution in [0.3, 0.4) is 0 Å². The van der Waals surface area contributed by atoms with E-state index in [1.807, 2.05) is 0 Å². The lowest BCUT2D eigenvalue weighted by atomic mass is 9.83. The Hall–Kier alpha value is -1.82. The number of carbonyl (C=O) groups is 2. The van der Waals surface area contributed by atoms with Gasteiger partial charge in [-0.25, -0.2) is 9.18 Å². The number of nitrogens with two attached hydrogens (primary N) is 1. The molecule has 1 aromatic rings. The van der Waals surface area contributed by atoms with Gasteiger partial charge >= 0.3 is 6.03 Å². The molecule has 7 heteroatoms. The van der Waals surface area contributed by atoms with Gasteiger partial charge < -0.3 is 16.0 Å². The average molecular weight is 328 g/mol. The van der Waals surface area contributed by atoms with Gasteiger partial charge in [0, 0.05) is 29.7 Å². The fraction of sp³-hybridized carbons (Fsp3) is 0.467. The number of amides is 3. The first-order valence-electron chi connectivity index (χ1n) is 7.02. The van der Waals surface area contributed by atoms with Crippen LogP contribution in [0.15, 0.2) is 18.2 Å². The molecule has 22 heavy (non-hydrogen) atoms. The van der Waals surface area contributed by atoms with Crippen molar-refractivity contribution in [1.82, 2.24) is 10.2 Å². The number of hydrogen-bond acceptors (Lipinski definition) is 2. The number of likely N-dealkylation sites (tertiary alicyclic amines) is 1. The van der Waals surface area contributed by atoms with Crippen LogP contribution < -0.4 is 11.1 Å². The summed E-state index contributed by atoms with van der Waals surface area (Å²) in [5.74, 6) is -0.817. The summed E-state index contributed by atoms with van der Waals surface area (Å²) >= 11 is 5.74. The smallest absolute Gasteiger partial charge is 0.314 e. The maximum Gasteiger partial charge on any atom is 0.314 e. The van der Waals surface area contributed by atoms with Gasteiger partial charge in [0.1, 0.15) is 5.82 Å². The van der Waals surface area contributed by atoms with Crippen LogP contribution in [0, 0.1) is 5.82 Å². The SMILES string of the molecule is CC(C)(C(=O)N[C@@H]1CCN(C(N)=O)C1)c1ccc(Cl)cc1F. The highest BCUT2D eigenvalue weighted by Gasteiger charge is 2.35. The number of hydrogen-bond donors (Lipinski definition) is 2. The van der Waals surface area contributed by atoms with Crippen molar-refractivity contribution in [1.29, 1.82) is 0 Å². The monoisotopic (exact) mass is 327 g/mol. The zero-order valence-electron chi connectivity index (χ0n) is 12.5. The molecule has 3 amide bonds. The van der Waals surface area contributed by atoms with Gasteiger partial charge in [-0.15, -0.1) is 0 Å². The minimum Gasteiger partial charge on any atom is -0.351 e. The number of nitrogens with zero attached hydrogens (tertiary/aromatic N) is 1. The van der Waals surface area contributed by atoms with Crippen LogP contribution >= 0.6 is 11.6 Å². The molecule has 2 rings (SSSR count). The molecule has 1 atom stereocenters. The molecule has 5 nitrogen and oxygen atoms in total. The first kappa shape index (κ1) is 16.5. The molecule has 120 valence electrons. The molecular formula is C15H19ClFN3O2. The van der Waals surface area contributed by atoms with Gasteiger partial charge in [0.2, 0.25) is 5.91 Å². The quantitative estimate of drug-likeness (QED) is 0.891. The molecule has 0 radical (unpaired) electrons. The van der Waals surface area contributed by atoms with Gasteiger partial charge in [0.15, 0.2) is 0 Å². The summed E-state index contributed by atoms with van der Waals surface area (Å²) < 4.78 is 14.1. The highest BCUT2D eigenvalue weighted by molar-refractivity contribution is 6.30. The first-order valence-corrected chi connectivity index (χ1v) is 7.40. The van der Waals surface area contributed by atoms with Crippen molar-refractivity contribution >= 4 is 23.5 Å². The second kappa shape index (κ2) is 6.12. The molecule has 0 unspecified atom stereocenters. The topological polar surface area (TPSA) is 75.4 Å². The summed E-state index contributed by atoms with van der Waals surface area (Å²) in [5.41, 5.74) is 4.44. The van der Waals surface area contributed by atoms with E-state index in [0.29, 0.717) is 19.5 Å². The first-order chi connectivity index (χ1) is 10.2. The molecule has 1 aliphatic rings. The van der Waals surface area contributed by atoms with E-state index >= 15 is 0 Å². The van der Waals surface area contributed by atoms with Crippen LogP contribution in [0.25, 0.3) is 0 Å². The molecule has 1 heterocycles. The lowest BCUT2D eigenvalue weighted by Gasteiger charge is -2.27. The van der Waals surface area contributed by atoms with Crippen molar-refractivity contribution in [2.75, 3.05) is 13.1 Å². The van der Waals surface area contributed by atoms with E-state index in [1.54, 1.807) is 19.9 Å². The summed E-state index contributed by atoms with van der Waals surface area (Å²) in [6.45, 7) is 4.18. The minimum atomic E-state index is -1.05. The third kappa shape index (κ3) is 3.32. The third-order valence-corrected chi connectivity index (χ3v) is 4.24. The molecule has 1 aromatic carbocycles. The zero-order chi connectivity index (χ0) is 16.5. The van der Waals surface area contributed by atoms with Crippen LogP contribution in [-0.2, 0) is 10.2 Å². The molecule has 1 saturated heterocycles. The molecule has 0 aromatic heterocycles. The maximum atomic E-state index is 14.1. The van der Waals surface area contributed by atoms with Crippen molar-refractivity contribution in [2.45, 2.75) is 31.7 Å². The van der Waals surface area contributed by atoms with Gasteiger partial charge in [-0.2, -0.15) is 0 Å². The molecule has 1 fully saturated rings. The Morgan fingerprint density at radius 2 is 2.14 bits per heavy atom. The largest absolute Gasteiger partial charge is 0.351 e. The summed E-state index contributed by atoms with van der Waals surface area (Å²) in [5, 5.41) is 3.14. The zero-order valence-corrected chi connectivity index (χ0v) is 13.3. The molecule has 0 aliphatic carbocycles. The van der Waals surface area contributed by atoms with Crippen molar-refractivity contribution in [3.63, 3.8) is 0 Å². The van der Waals surface area contributed by atoms with Crippen molar-refractivity contribution in [2.24, 2.45) is 5.73 Å². The lowest BCUT2D eigenvalue weighted by Crippen LogP contribution is -2.47. The van der Waals surface area contributed by atoms with Crippen LogP contribution in [0.4, 0.5) is 9.18 Å². The van der Waals surface area contributed by atoms with Gasteiger partial charge in [0.25, 0.3) is 0 Å². The van der Waals surface area contributed by atoms with Gasteiger partial charge in [0.05, 0.1) is 5.41 Å². The Morgan fingerprint density at radius 1 is 1.45 bits per heavy atom. The predicted molar refractivity (Wildman–Crippen MR) is 82.1 cm³/mol. The summed E-state index contributed by atoms with van der Waals surface area (Å²) in [7, 11) is 0. The number of primary amides is 1. The van der Waals surface area contributed by atoms with Gasteiger partial charge in [-0.1, -0.05) is 17.7 Å². The number of rotatable bonds is 3. The van der Waals surface area contributed by atoms with E-state index in [2.05, 4.69) is 5.32 Å². The standard InChI is InChI=1S/C15H19ClFN3O2/c1-15(2,11-4-3-9(16)7-12(11)17)13(21)19-10-5-6-20(8-10)14(18)22/h3-4,7,10H,5-6,8H2,1-2H3,(H2,18,22)(H,19,21)/t10-/m1/s1. The number of nitrogens with one attached hydrogen (secondary N) is 1. The van der Waals surface area contributed by atoms with E-state index in [4.69, 9.17) is 17.3 Å². The molecule has 0 spiro atoms. The van der Waals surface area contributed by atoms with Crippen LogP contribution in [0.2, 0.25) is 5.02 Å². The van der Waals surface area contributed by atoms with Crippen LogP contribution in [0.1, 0.15) is 25.8 Å². The van der Waals surface area contributed by atoms with E-state index in [9.17, 15) is 14.0 Å². The second-order valence-corrected chi connectivity index (χ2v) is 6.43. The van der Waals surface area contributed by atoms with Gasteiger partial charge in [-0.05, 0) is 32.4 Å².